The van der Waals surface area contributed by atoms with Crippen molar-refractivity contribution in [3.8, 4) is 0 Å². The van der Waals surface area contributed by atoms with Gasteiger partial charge in [-0.25, -0.2) is 0 Å². The van der Waals surface area contributed by atoms with Crippen LogP contribution in [0.5, 0.6) is 0 Å². The van der Waals surface area contributed by atoms with Crippen molar-refractivity contribution in [2.24, 2.45) is 0 Å². The minimum Gasteiger partial charge on any atom is 0 e. The van der Waals surface area contributed by atoms with Crippen molar-refractivity contribution in [3.05, 3.63) is 0 Å². The van der Waals surface area contributed by atoms with Gasteiger partial charge in [0.15, 0.2) is 0 Å². The fourth-order valence-electron chi connectivity index (χ4n) is 0. The van der Waals surface area contributed by atoms with Crippen LogP contribution in [0.15, 0.2) is 0 Å². The zero-order valence-corrected chi connectivity index (χ0v) is 6.43. The fraction of sp³-hybridized carbons (Fsp3) is 0. The average molecular weight is 367 g/mol. The van der Waals surface area contributed by atoms with Crippen LogP contribution in [0.25, 0.3) is 0 Å². The summed E-state index contributed by atoms with van der Waals surface area (Å²) in [5, 5.41) is 0. The molecular formula is H2O4TeYb. The second-order valence-corrected chi connectivity index (χ2v) is 3.00. The Morgan fingerprint density at radius 3 is 1.17 bits per heavy atom. The molecule has 0 spiro atoms. The molecule has 0 rings (SSSR count). The second-order valence-electron chi connectivity index (χ2n) is 0.448. The van der Waals surface area contributed by atoms with Crippen LogP contribution in [0.1, 0.15) is 0 Å². The number of hydrogen-bond acceptors (Lipinski definition) is 2. The topological polar surface area (TPSA) is 74.6 Å². The van der Waals surface area contributed by atoms with E-state index in [1.54, 1.807) is 0 Å². The van der Waals surface area contributed by atoms with Gasteiger partial charge in [-0.15, -0.1) is 0 Å². The first kappa shape index (κ1) is 10.7. The van der Waals surface area contributed by atoms with Gasteiger partial charge in [0.05, 0.1) is 0 Å². The van der Waals surface area contributed by atoms with Gasteiger partial charge in [-0.1, -0.05) is 0 Å². The molecule has 0 aliphatic heterocycles. The monoisotopic (exact) mass is 370 g/mol. The summed E-state index contributed by atoms with van der Waals surface area (Å²) in [5.74, 6) is 0. The molecule has 0 aliphatic rings. The molecule has 4 nitrogen and oxygen atoms in total. The van der Waals surface area contributed by atoms with Crippen LogP contribution in [0, 0.1) is 46.9 Å². The molecule has 0 radical (unpaired) electrons. The van der Waals surface area contributed by atoms with Gasteiger partial charge in [0.2, 0.25) is 0 Å². The standard InChI is InChI=1S/H2O4Te.Yb/c1-5(2,3)4;/h(H2,1,2,3,4);. The molecular weight excluding hydrogens is 365 g/mol. The Bertz CT molecular complexity index is 90.7. The predicted molar refractivity (Wildman–Crippen MR) is 11.6 cm³/mol. The molecule has 0 fully saturated rings. The van der Waals surface area contributed by atoms with E-state index in [-0.39, 0.29) is 46.9 Å². The van der Waals surface area contributed by atoms with Crippen LogP contribution < -0.4 is 0 Å². The van der Waals surface area contributed by atoms with Gasteiger partial charge in [-0.3, -0.25) is 0 Å². The van der Waals surface area contributed by atoms with Crippen molar-refractivity contribution >= 4 is 19.0 Å². The summed E-state index contributed by atoms with van der Waals surface area (Å²) in [7, 11) is 0. The maximum Gasteiger partial charge on any atom is 0 e. The molecule has 6 heteroatoms. The van der Waals surface area contributed by atoms with E-state index in [2.05, 4.69) is 0 Å². The van der Waals surface area contributed by atoms with E-state index in [1.165, 1.54) is 0 Å². The van der Waals surface area contributed by atoms with E-state index in [0.717, 1.165) is 0 Å². The van der Waals surface area contributed by atoms with E-state index in [1.807, 2.05) is 0 Å². The second kappa shape index (κ2) is 3.79. The van der Waals surface area contributed by atoms with Crippen molar-refractivity contribution in [2.75, 3.05) is 0 Å². The van der Waals surface area contributed by atoms with Crippen LogP contribution >= 0.6 is 0 Å². The van der Waals surface area contributed by atoms with Crippen LogP contribution in [-0.2, 0) is 6.21 Å². The first-order valence-corrected chi connectivity index (χ1v) is 4.69. The smallest absolute Gasteiger partial charge is 0 e. The van der Waals surface area contributed by atoms with Gasteiger partial charge < -0.3 is 0 Å². The molecule has 0 saturated carbocycles. The van der Waals surface area contributed by atoms with Gasteiger partial charge >= 0.3 is 32.1 Å². The molecule has 0 saturated heterocycles. The van der Waals surface area contributed by atoms with Crippen molar-refractivity contribution in [1.29, 1.82) is 0 Å². The zero-order chi connectivity index (χ0) is 4.50. The SMILES string of the molecule is O=[Te](=O)(O)O.[Yb]. The molecule has 0 atom stereocenters. The van der Waals surface area contributed by atoms with Gasteiger partial charge in [0.1, 0.15) is 0 Å². The number of hydrogen-bond donors (Lipinski definition) is 2. The maximum atomic E-state index is 8.85. The molecule has 46 valence electrons. The van der Waals surface area contributed by atoms with Gasteiger partial charge in [-0.2, -0.15) is 0 Å². The van der Waals surface area contributed by atoms with E-state index in [0.29, 0.717) is 0 Å². The molecule has 2 N–H and O–H groups in total. The van der Waals surface area contributed by atoms with Crippen LogP contribution in [0.2, 0.25) is 0 Å². The van der Waals surface area contributed by atoms with Crippen molar-refractivity contribution < 1.29 is 60.1 Å². The summed E-state index contributed by atoms with van der Waals surface area (Å²) < 4.78 is 32.0. The summed E-state index contributed by atoms with van der Waals surface area (Å²) in [4.78, 5) is 0. The molecule has 0 aromatic carbocycles. The molecule has 0 aliphatic carbocycles. The summed E-state index contributed by atoms with van der Waals surface area (Å²) in [6, 6.07) is 0. The first-order valence-electron chi connectivity index (χ1n) is 0.698. The largest absolute Gasteiger partial charge is 0 e. The third kappa shape index (κ3) is 40.6. The van der Waals surface area contributed by atoms with E-state index >= 15 is 0 Å². The molecule has 0 unspecified atom stereocenters. The zero-order valence-electron chi connectivity index (χ0n) is 2.39. The minimum atomic E-state index is -5.52. The van der Waals surface area contributed by atoms with E-state index in [4.69, 9.17) is 13.2 Å². The van der Waals surface area contributed by atoms with Gasteiger partial charge in [0, 0.05) is 46.9 Å². The van der Waals surface area contributed by atoms with E-state index in [9.17, 15) is 0 Å². The molecule has 0 aromatic heterocycles. The average Bonchev–Trinajstić information content (AvgIpc) is 0.722. The Balaban J connectivity index is 0. The van der Waals surface area contributed by atoms with Crippen LogP contribution in [0.4, 0.5) is 0 Å². The molecule has 0 bridgehead atoms. The van der Waals surface area contributed by atoms with Crippen LogP contribution in [-0.4, -0.2) is 25.9 Å². The van der Waals surface area contributed by atoms with Crippen molar-refractivity contribution in [2.45, 2.75) is 0 Å². The molecule has 0 amide bonds. The van der Waals surface area contributed by atoms with E-state index < -0.39 is 19.0 Å². The third-order valence-electron chi connectivity index (χ3n) is 0. The quantitative estimate of drug-likeness (QED) is 0.500. The summed E-state index contributed by atoms with van der Waals surface area (Å²) >= 11 is -5.52. The predicted octanol–water partition coefficient (Wildman–Crippen LogP) is -1.73. The van der Waals surface area contributed by atoms with Crippen molar-refractivity contribution in [1.82, 2.24) is 0 Å². The Hall–Kier alpha value is 1.83. The Morgan fingerprint density at radius 1 is 1.17 bits per heavy atom. The summed E-state index contributed by atoms with van der Waals surface area (Å²) in [6.45, 7) is 0. The number of rotatable bonds is 0. The summed E-state index contributed by atoms with van der Waals surface area (Å²) in [5.41, 5.74) is 0. The van der Waals surface area contributed by atoms with Crippen LogP contribution in [0.3, 0.4) is 0 Å². The van der Waals surface area contributed by atoms with Crippen molar-refractivity contribution in [3.63, 3.8) is 0 Å². The first-order chi connectivity index (χ1) is 2.00. The molecule has 6 heavy (non-hydrogen) atoms. The normalized spacial score (nSPS) is 9.67. The third-order valence-corrected chi connectivity index (χ3v) is 0. The van der Waals surface area contributed by atoms with Gasteiger partial charge in [-0.05, 0) is 0 Å². The maximum absolute atomic E-state index is 8.85. The Morgan fingerprint density at radius 2 is 1.17 bits per heavy atom. The molecule has 0 aromatic rings. The molecule has 0 heterocycles. The van der Waals surface area contributed by atoms with Gasteiger partial charge in [0.25, 0.3) is 0 Å². The Labute approximate surface area is 77.4 Å². The Kier molecular flexibility index (Phi) is 6.78. The fourth-order valence-corrected chi connectivity index (χ4v) is 0. The minimum absolute atomic E-state index is 0. The summed E-state index contributed by atoms with van der Waals surface area (Å²) in [6.07, 6.45) is 0.